The van der Waals surface area contributed by atoms with Gasteiger partial charge >= 0.3 is 0 Å². The average Bonchev–Trinajstić information content (AvgIpc) is 3.07. The molecule has 0 aliphatic heterocycles. The number of hydrogen-bond acceptors (Lipinski definition) is 5. The van der Waals surface area contributed by atoms with Crippen LogP contribution in [0.15, 0.2) is 59.7 Å². The van der Waals surface area contributed by atoms with Gasteiger partial charge in [-0.25, -0.2) is 9.67 Å². The Morgan fingerprint density at radius 2 is 1.85 bits per heavy atom. The third-order valence-electron chi connectivity index (χ3n) is 4.32. The summed E-state index contributed by atoms with van der Waals surface area (Å²) in [5.74, 6) is -0.258. The molecule has 0 spiro atoms. The number of aromatic nitrogens is 5. The minimum atomic E-state index is -0.258. The highest BCUT2D eigenvalue weighted by molar-refractivity contribution is 5.79. The van der Waals surface area contributed by atoms with Gasteiger partial charge in [0.1, 0.15) is 12.1 Å². The summed E-state index contributed by atoms with van der Waals surface area (Å²) in [4.78, 5) is 29.1. The minimum absolute atomic E-state index is 0.0842. The van der Waals surface area contributed by atoms with E-state index in [4.69, 9.17) is 0 Å². The Labute approximate surface area is 154 Å². The summed E-state index contributed by atoms with van der Waals surface area (Å²) in [6.45, 7) is 2.28. The Morgan fingerprint density at radius 1 is 1.11 bits per heavy atom. The molecular weight excluding hydrogens is 344 g/mol. The van der Waals surface area contributed by atoms with Crippen molar-refractivity contribution in [1.82, 2.24) is 29.9 Å². The third kappa shape index (κ3) is 3.41. The van der Waals surface area contributed by atoms with E-state index in [0.29, 0.717) is 17.4 Å². The lowest BCUT2D eigenvalue weighted by Gasteiger charge is -2.15. The van der Waals surface area contributed by atoms with Crippen LogP contribution in [0, 0.1) is 0 Å². The lowest BCUT2D eigenvalue weighted by molar-refractivity contribution is -0.122. The van der Waals surface area contributed by atoms with Gasteiger partial charge in [-0.2, -0.15) is 0 Å². The normalized spacial score (nSPS) is 12.3. The number of carbonyl (C=O) groups is 1. The van der Waals surface area contributed by atoms with Crippen LogP contribution in [-0.2, 0) is 17.9 Å². The van der Waals surface area contributed by atoms with Gasteiger partial charge in [0.2, 0.25) is 5.91 Å². The second-order valence-electron chi connectivity index (χ2n) is 6.42. The van der Waals surface area contributed by atoms with Crippen molar-refractivity contribution in [2.45, 2.75) is 26.1 Å². The largest absolute Gasteiger partial charge is 0.350 e. The van der Waals surface area contributed by atoms with Gasteiger partial charge in [-0.05, 0) is 31.2 Å². The van der Waals surface area contributed by atoms with Crippen LogP contribution in [0.5, 0.6) is 0 Å². The smallest absolute Gasteiger partial charge is 0.261 e. The highest BCUT2D eigenvalue weighted by atomic mass is 16.2. The lowest BCUT2D eigenvalue weighted by Crippen LogP contribution is -2.39. The molecule has 0 saturated heterocycles. The summed E-state index contributed by atoms with van der Waals surface area (Å²) in [6.07, 6.45) is 1.40. The van der Waals surface area contributed by atoms with Crippen molar-refractivity contribution in [2.75, 3.05) is 0 Å². The van der Waals surface area contributed by atoms with Crippen LogP contribution in [0.1, 0.15) is 6.92 Å². The first-order chi connectivity index (χ1) is 13.1. The van der Waals surface area contributed by atoms with Gasteiger partial charge in [-0.15, -0.1) is 5.10 Å². The number of para-hydroxylation sites is 2. The van der Waals surface area contributed by atoms with E-state index in [0.717, 1.165) is 11.0 Å². The third-order valence-corrected chi connectivity index (χ3v) is 4.32. The first-order valence-corrected chi connectivity index (χ1v) is 8.63. The van der Waals surface area contributed by atoms with Gasteiger partial charge in [-0.1, -0.05) is 29.5 Å². The molecule has 8 nitrogen and oxygen atoms in total. The van der Waals surface area contributed by atoms with E-state index < -0.39 is 0 Å². The number of benzene rings is 2. The fraction of sp³-hybridized carbons (Fsp3) is 0.211. The first-order valence-electron chi connectivity index (χ1n) is 8.63. The van der Waals surface area contributed by atoms with E-state index in [-0.39, 0.29) is 24.1 Å². The summed E-state index contributed by atoms with van der Waals surface area (Å²) in [6, 6.07) is 14.6. The van der Waals surface area contributed by atoms with E-state index in [1.807, 2.05) is 37.3 Å². The maximum Gasteiger partial charge on any atom is 0.261 e. The van der Waals surface area contributed by atoms with Gasteiger partial charge in [0.15, 0.2) is 0 Å². The summed E-state index contributed by atoms with van der Waals surface area (Å²) < 4.78 is 3.07. The maximum absolute atomic E-state index is 12.5. The van der Waals surface area contributed by atoms with Gasteiger partial charge < -0.3 is 5.32 Å². The predicted molar refractivity (Wildman–Crippen MR) is 101 cm³/mol. The molecule has 4 aromatic rings. The topological polar surface area (TPSA) is 94.7 Å². The Kier molecular flexibility index (Phi) is 4.37. The van der Waals surface area contributed by atoms with Crippen molar-refractivity contribution in [2.24, 2.45) is 0 Å². The molecule has 0 radical (unpaired) electrons. The molecule has 4 rings (SSSR count). The predicted octanol–water partition coefficient (Wildman–Crippen LogP) is 1.35. The number of nitrogens with zero attached hydrogens (tertiary/aromatic N) is 5. The molecule has 1 amide bonds. The molecule has 0 fully saturated rings. The highest BCUT2D eigenvalue weighted by Gasteiger charge is 2.13. The molecule has 0 bridgehead atoms. The zero-order chi connectivity index (χ0) is 18.8. The van der Waals surface area contributed by atoms with Gasteiger partial charge in [-0.3, -0.25) is 14.2 Å². The zero-order valence-electron chi connectivity index (χ0n) is 14.7. The Balaban J connectivity index is 1.45. The second kappa shape index (κ2) is 6.99. The molecule has 0 aliphatic carbocycles. The van der Waals surface area contributed by atoms with Crippen LogP contribution < -0.4 is 10.9 Å². The minimum Gasteiger partial charge on any atom is -0.350 e. The average molecular weight is 362 g/mol. The number of amides is 1. The van der Waals surface area contributed by atoms with Crippen molar-refractivity contribution in [3.05, 3.63) is 65.2 Å². The van der Waals surface area contributed by atoms with E-state index in [1.54, 1.807) is 22.9 Å². The SMILES string of the molecule is C[C@H](Cn1nnc2ccccc21)NC(=O)Cn1cnc2ccccc2c1=O. The fourth-order valence-corrected chi connectivity index (χ4v) is 3.05. The van der Waals surface area contributed by atoms with Crippen molar-refractivity contribution < 1.29 is 4.79 Å². The van der Waals surface area contributed by atoms with Crippen LogP contribution >= 0.6 is 0 Å². The number of hydrogen-bond donors (Lipinski definition) is 1. The maximum atomic E-state index is 12.5. The van der Waals surface area contributed by atoms with Crippen LogP contribution in [-0.4, -0.2) is 36.5 Å². The van der Waals surface area contributed by atoms with Crippen LogP contribution in [0.4, 0.5) is 0 Å². The van der Waals surface area contributed by atoms with Gasteiger partial charge in [0.05, 0.1) is 29.3 Å². The molecule has 136 valence electrons. The molecule has 0 aliphatic rings. The highest BCUT2D eigenvalue weighted by Crippen LogP contribution is 2.10. The fourth-order valence-electron chi connectivity index (χ4n) is 3.05. The van der Waals surface area contributed by atoms with E-state index in [1.165, 1.54) is 10.9 Å². The Hall–Kier alpha value is -3.55. The monoisotopic (exact) mass is 362 g/mol. The van der Waals surface area contributed by atoms with Crippen LogP contribution in [0.25, 0.3) is 21.9 Å². The molecule has 2 heterocycles. The molecule has 27 heavy (non-hydrogen) atoms. The quantitative estimate of drug-likeness (QED) is 0.578. The van der Waals surface area contributed by atoms with E-state index >= 15 is 0 Å². The Morgan fingerprint density at radius 3 is 2.70 bits per heavy atom. The summed E-state index contributed by atoms with van der Waals surface area (Å²) in [7, 11) is 0. The van der Waals surface area contributed by atoms with Crippen molar-refractivity contribution in [1.29, 1.82) is 0 Å². The molecule has 1 N–H and O–H groups in total. The zero-order valence-corrected chi connectivity index (χ0v) is 14.7. The number of rotatable bonds is 5. The van der Waals surface area contributed by atoms with Gasteiger partial charge in [0.25, 0.3) is 5.56 Å². The molecular formula is C19H18N6O2. The number of carbonyl (C=O) groups excluding carboxylic acids is 1. The molecule has 2 aromatic heterocycles. The van der Waals surface area contributed by atoms with Crippen LogP contribution in [0.2, 0.25) is 0 Å². The van der Waals surface area contributed by atoms with Crippen molar-refractivity contribution in [3.8, 4) is 0 Å². The van der Waals surface area contributed by atoms with Crippen LogP contribution in [0.3, 0.4) is 0 Å². The summed E-state index contributed by atoms with van der Waals surface area (Å²) in [5, 5.41) is 11.6. The standard InChI is InChI=1S/C19H18N6O2/c1-13(10-25-17-9-5-4-8-16(17)22-23-25)21-18(26)11-24-12-20-15-7-3-2-6-14(15)19(24)27/h2-9,12-13H,10-11H2,1H3,(H,21,26)/t13-/m1/s1. The number of nitrogens with one attached hydrogen (secondary N) is 1. The summed E-state index contributed by atoms with van der Waals surface area (Å²) >= 11 is 0. The Bertz CT molecular complexity index is 1180. The van der Waals surface area contributed by atoms with Crippen molar-refractivity contribution >= 4 is 27.8 Å². The van der Waals surface area contributed by atoms with Gasteiger partial charge in [0, 0.05) is 6.04 Å². The van der Waals surface area contributed by atoms with Crippen molar-refractivity contribution in [3.63, 3.8) is 0 Å². The second-order valence-corrected chi connectivity index (χ2v) is 6.42. The summed E-state index contributed by atoms with van der Waals surface area (Å²) in [5.41, 5.74) is 2.11. The van der Waals surface area contributed by atoms with E-state index in [2.05, 4.69) is 20.6 Å². The molecule has 2 aromatic carbocycles. The van der Waals surface area contributed by atoms with E-state index in [9.17, 15) is 9.59 Å². The first kappa shape index (κ1) is 16.9. The molecule has 0 saturated carbocycles. The lowest BCUT2D eigenvalue weighted by atomic mass is 10.2. The number of fused-ring (bicyclic) bond motifs is 2. The molecule has 1 atom stereocenters. The molecule has 0 unspecified atom stereocenters. The molecule has 8 heteroatoms.